The number of carbonyl (C=O) groups is 5. The molecule has 0 bridgehead atoms. The van der Waals surface area contributed by atoms with Crippen LogP contribution in [0.2, 0.25) is 5.02 Å². The number of halogens is 1. The smallest absolute Gasteiger partial charge is 0.339 e. The van der Waals surface area contributed by atoms with Crippen molar-refractivity contribution in [1.29, 1.82) is 0 Å². The summed E-state index contributed by atoms with van der Waals surface area (Å²) in [6.07, 6.45) is 0. The van der Waals surface area contributed by atoms with Gasteiger partial charge in [-0.25, -0.2) is 14.4 Å². The molecule has 0 saturated carbocycles. The molecule has 0 unspecified atom stereocenters. The second-order valence-electron chi connectivity index (χ2n) is 6.60. The third-order valence-corrected chi connectivity index (χ3v) is 4.53. The summed E-state index contributed by atoms with van der Waals surface area (Å²) in [5, 5.41) is 5.29. The molecule has 0 aromatic heterocycles. The van der Waals surface area contributed by atoms with Crippen LogP contribution in [0.5, 0.6) is 0 Å². The van der Waals surface area contributed by atoms with E-state index in [-0.39, 0.29) is 22.4 Å². The van der Waals surface area contributed by atoms with Crippen LogP contribution in [0.25, 0.3) is 0 Å². The normalized spacial score (nSPS) is 11.0. The van der Waals surface area contributed by atoms with Crippen LogP contribution in [0.1, 0.15) is 38.0 Å². The molecule has 0 saturated heterocycles. The molecule has 0 aliphatic rings. The van der Waals surface area contributed by atoms with Crippen molar-refractivity contribution in [3.8, 4) is 0 Å². The van der Waals surface area contributed by atoms with Crippen LogP contribution in [0.3, 0.4) is 0 Å². The Morgan fingerprint density at radius 3 is 2.12 bits per heavy atom. The minimum absolute atomic E-state index is 0.0200. The summed E-state index contributed by atoms with van der Waals surface area (Å²) < 4.78 is 14.2. The minimum Gasteiger partial charge on any atom is -0.465 e. The number of hydrogen-bond acceptors (Lipinski definition) is 8. The molecule has 2 rings (SSSR count). The van der Waals surface area contributed by atoms with Crippen LogP contribution < -0.4 is 10.6 Å². The number of ether oxygens (including phenoxy) is 3. The third-order valence-electron chi connectivity index (χ3n) is 4.27. The van der Waals surface area contributed by atoms with Gasteiger partial charge in [-0.05, 0) is 49.4 Å². The zero-order valence-electron chi connectivity index (χ0n) is 18.0. The van der Waals surface area contributed by atoms with E-state index in [1.54, 1.807) is 0 Å². The predicted molar refractivity (Wildman–Crippen MR) is 117 cm³/mol. The molecule has 33 heavy (non-hydrogen) atoms. The predicted octanol–water partition coefficient (Wildman–Crippen LogP) is 2.21. The number of rotatable bonds is 8. The topological polar surface area (TPSA) is 137 Å². The number of esters is 3. The van der Waals surface area contributed by atoms with Crippen molar-refractivity contribution in [1.82, 2.24) is 5.32 Å². The van der Waals surface area contributed by atoms with E-state index in [0.717, 1.165) is 7.11 Å². The molecule has 2 aromatic rings. The summed E-state index contributed by atoms with van der Waals surface area (Å²) in [4.78, 5) is 60.3. The molecular formula is C22H21ClN2O8. The van der Waals surface area contributed by atoms with Crippen LogP contribution in [0, 0.1) is 0 Å². The minimum atomic E-state index is -1.05. The Morgan fingerprint density at radius 2 is 1.52 bits per heavy atom. The maximum atomic E-state index is 12.3. The van der Waals surface area contributed by atoms with Crippen LogP contribution >= 0.6 is 11.6 Å². The summed E-state index contributed by atoms with van der Waals surface area (Å²) in [5.41, 5.74) is 0.317. The van der Waals surface area contributed by atoms with Crippen molar-refractivity contribution >= 4 is 47.0 Å². The fraction of sp³-hybridized carbons (Fsp3) is 0.227. The Balaban J connectivity index is 1.99. The highest BCUT2D eigenvalue weighted by Crippen LogP contribution is 2.20. The van der Waals surface area contributed by atoms with Gasteiger partial charge < -0.3 is 24.8 Å². The molecule has 0 spiro atoms. The number of hydrogen-bond donors (Lipinski definition) is 2. The maximum Gasteiger partial charge on any atom is 0.339 e. The first-order chi connectivity index (χ1) is 15.7. The van der Waals surface area contributed by atoms with Gasteiger partial charge in [-0.15, -0.1) is 0 Å². The SMILES string of the molecule is COC(=O)c1ccc(C(=O)OC)c(NC(=O)COC(=O)[C@@H](C)NC(=O)c2ccc(Cl)cc2)c1. The van der Waals surface area contributed by atoms with Gasteiger partial charge in [0.2, 0.25) is 0 Å². The van der Waals surface area contributed by atoms with Gasteiger partial charge >= 0.3 is 17.9 Å². The van der Waals surface area contributed by atoms with Crippen molar-refractivity contribution in [2.24, 2.45) is 0 Å². The number of amides is 2. The Kier molecular flexibility index (Phi) is 8.93. The molecule has 0 aliphatic heterocycles. The highest BCUT2D eigenvalue weighted by Gasteiger charge is 2.21. The maximum absolute atomic E-state index is 12.3. The largest absolute Gasteiger partial charge is 0.465 e. The van der Waals surface area contributed by atoms with Crippen molar-refractivity contribution in [2.45, 2.75) is 13.0 Å². The van der Waals surface area contributed by atoms with Gasteiger partial charge in [0, 0.05) is 10.6 Å². The summed E-state index contributed by atoms with van der Waals surface area (Å²) in [7, 11) is 2.34. The lowest BCUT2D eigenvalue weighted by Gasteiger charge is -2.14. The van der Waals surface area contributed by atoms with Crippen LogP contribution in [-0.2, 0) is 23.8 Å². The van der Waals surface area contributed by atoms with E-state index in [4.69, 9.17) is 16.3 Å². The highest BCUT2D eigenvalue weighted by molar-refractivity contribution is 6.30. The molecule has 2 aromatic carbocycles. The van der Waals surface area contributed by atoms with Crippen molar-refractivity contribution in [2.75, 3.05) is 26.1 Å². The Labute approximate surface area is 194 Å². The zero-order valence-corrected chi connectivity index (χ0v) is 18.7. The van der Waals surface area contributed by atoms with E-state index < -0.39 is 42.4 Å². The molecule has 174 valence electrons. The van der Waals surface area contributed by atoms with Gasteiger partial charge in [0.15, 0.2) is 6.61 Å². The first kappa shape index (κ1) is 25.3. The average molecular weight is 477 g/mol. The molecular weight excluding hydrogens is 456 g/mol. The second kappa shape index (κ2) is 11.6. The Hall–Kier alpha value is -3.92. The third kappa shape index (κ3) is 7.04. The lowest BCUT2D eigenvalue weighted by molar-refractivity contribution is -0.148. The zero-order chi connectivity index (χ0) is 24.5. The molecule has 2 amide bonds. The fourth-order valence-corrected chi connectivity index (χ4v) is 2.69. The first-order valence-corrected chi connectivity index (χ1v) is 9.87. The van der Waals surface area contributed by atoms with Crippen molar-refractivity contribution < 1.29 is 38.2 Å². The lowest BCUT2D eigenvalue weighted by Crippen LogP contribution is -2.40. The number of carbonyl (C=O) groups excluding carboxylic acids is 5. The first-order valence-electron chi connectivity index (χ1n) is 9.49. The Bertz CT molecular complexity index is 1070. The molecule has 11 heteroatoms. The number of methoxy groups -OCH3 is 2. The quantitative estimate of drug-likeness (QED) is 0.437. The number of nitrogens with one attached hydrogen (secondary N) is 2. The molecule has 1 atom stereocenters. The van der Waals surface area contributed by atoms with E-state index in [9.17, 15) is 24.0 Å². The lowest BCUT2D eigenvalue weighted by atomic mass is 10.1. The summed E-state index contributed by atoms with van der Waals surface area (Å²) in [5.74, 6) is -3.60. The fourth-order valence-electron chi connectivity index (χ4n) is 2.57. The number of benzene rings is 2. The van der Waals surface area contributed by atoms with Crippen LogP contribution in [-0.4, -0.2) is 56.6 Å². The van der Waals surface area contributed by atoms with Gasteiger partial charge in [0.05, 0.1) is 31.0 Å². The molecule has 0 radical (unpaired) electrons. The molecule has 0 aliphatic carbocycles. The highest BCUT2D eigenvalue weighted by atomic mass is 35.5. The van der Waals surface area contributed by atoms with E-state index in [1.807, 2.05) is 0 Å². The van der Waals surface area contributed by atoms with E-state index in [2.05, 4.69) is 20.1 Å². The Morgan fingerprint density at radius 1 is 0.909 bits per heavy atom. The van der Waals surface area contributed by atoms with Gasteiger partial charge in [0.25, 0.3) is 11.8 Å². The molecule has 0 fully saturated rings. The average Bonchev–Trinajstić information content (AvgIpc) is 2.81. The summed E-state index contributed by atoms with van der Waals surface area (Å²) in [6.45, 7) is 0.687. The van der Waals surface area contributed by atoms with E-state index in [1.165, 1.54) is 56.5 Å². The van der Waals surface area contributed by atoms with E-state index in [0.29, 0.717) is 5.02 Å². The molecule has 10 nitrogen and oxygen atoms in total. The van der Waals surface area contributed by atoms with Crippen molar-refractivity contribution in [3.05, 3.63) is 64.2 Å². The van der Waals surface area contributed by atoms with Crippen LogP contribution in [0.4, 0.5) is 5.69 Å². The van der Waals surface area contributed by atoms with Gasteiger partial charge in [-0.1, -0.05) is 11.6 Å². The standard InChI is InChI=1S/C22H21ClN2O8/c1-12(24-19(27)13-4-7-15(23)8-5-13)20(28)33-11-18(26)25-17-10-14(21(29)31-2)6-9-16(17)22(30)32-3/h4-10,12H,11H2,1-3H3,(H,24,27)(H,25,26)/t12-/m1/s1. The van der Waals surface area contributed by atoms with Gasteiger partial charge in [-0.3, -0.25) is 9.59 Å². The van der Waals surface area contributed by atoms with Crippen LogP contribution in [0.15, 0.2) is 42.5 Å². The van der Waals surface area contributed by atoms with Gasteiger partial charge in [0.1, 0.15) is 6.04 Å². The van der Waals surface area contributed by atoms with Gasteiger partial charge in [-0.2, -0.15) is 0 Å². The molecule has 0 heterocycles. The van der Waals surface area contributed by atoms with E-state index >= 15 is 0 Å². The summed E-state index contributed by atoms with van der Waals surface area (Å²) in [6, 6.07) is 8.84. The number of anilines is 1. The second-order valence-corrected chi connectivity index (χ2v) is 7.04. The monoisotopic (exact) mass is 476 g/mol. The summed E-state index contributed by atoms with van der Waals surface area (Å²) >= 11 is 5.78. The van der Waals surface area contributed by atoms with Crippen molar-refractivity contribution in [3.63, 3.8) is 0 Å². The molecule has 2 N–H and O–H groups in total.